The fourth-order valence-electron chi connectivity index (χ4n) is 1.08. The average molecular weight is 248 g/mol. The van der Waals surface area contributed by atoms with Gasteiger partial charge in [-0.15, -0.1) is 12.6 Å². The van der Waals surface area contributed by atoms with Gasteiger partial charge in [-0.25, -0.2) is 9.69 Å². The van der Waals surface area contributed by atoms with Crippen molar-refractivity contribution in [3.63, 3.8) is 0 Å². The summed E-state index contributed by atoms with van der Waals surface area (Å²) in [5.41, 5.74) is 5.03. The van der Waals surface area contributed by atoms with Gasteiger partial charge in [-0.1, -0.05) is 0 Å². The Morgan fingerprint density at radius 3 is 1.94 bits per heavy atom. The minimum absolute atomic E-state index is 0.237. The molecule has 0 radical (unpaired) electrons. The van der Waals surface area contributed by atoms with Crippen molar-refractivity contribution in [3.8, 4) is 0 Å². The van der Waals surface area contributed by atoms with Crippen molar-refractivity contribution in [2.24, 2.45) is 5.73 Å². The first kappa shape index (κ1) is 14.6. The molecule has 90 valence electrons. The summed E-state index contributed by atoms with van der Waals surface area (Å²) in [5, 5.41) is 8.88. The third-order valence-electron chi connectivity index (χ3n) is 1.85. The van der Waals surface area contributed by atoms with Gasteiger partial charge in [0.15, 0.2) is 5.78 Å². The third kappa shape index (κ3) is 2.39. The van der Waals surface area contributed by atoms with Crippen molar-refractivity contribution < 1.29 is 24.3 Å². The van der Waals surface area contributed by atoms with Crippen molar-refractivity contribution in [3.05, 3.63) is 0 Å². The van der Waals surface area contributed by atoms with Crippen molar-refractivity contribution in [1.29, 1.82) is 0 Å². The molecule has 0 saturated carbocycles. The summed E-state index contributed by atoms with van der Waals surface area (Å²) < 4.78 is 0. The topological polar surface area (TPSA) is 118 Å². The van der Waals surface area contributed by atoms with Gasteiger partial charge in [0.2, 0.25) is 16.7 Å². The lowest BCUT2D eigenvalue weighted by Crippen LogP contribution is -2.60. The van der Waals surface area contributed by atoms with E-state index in [4.69, 9.17) is 10.8 Å². The van der Waals surface area contributed by atoms with Gasteiger partial charge in [-0.3, -0.25) is 14.4 Å². The summed E-state index contributed by atoms with van der Waals surface area (Å²) in [4.78, 5) is 42.4. The number of carboxylic acid groups (broad SMARTS) is 1. The molecule has 2 amide bonds. The maximum Gasteiger partial charge on any atom is 0.348 e. The Morgan fingerprint density at radius 1 is 1.31 bits per heavy atom. The predicted octanol–water partition coefficient (Wildman–Crippen LogP) is -1.38. The van der Waals surface area contributed by atoms with E-state index in [0.29, 0.717) is 0 Å². The number of rotatable bonds is 4. The van der Waals surface area contributed by atoms with Crippen LogP contribution in [0.1, 0.15) is 13.8 Å². The zero-order valence-electron chi connectivity index (χ0n) is 8.76. The van der Waals surface area contributed by atoms with Gasteiger partial charge in [-0.05, 0) is 6.92 Å². The summed E-state index contributed by atoms with van der Waals surface area (Å²) in [5.74, 6) is -4.57. The van der Waals surface area contributed by atoms with E-state index in [1.807, 2.05) is 0 Å². The van der Waals surface area contributed by atoms with Crippen LogP contribution in [0.25, 0.3) is 0 Å². The molecule has 0 rings (SSSR count). The number of aliphatic carboxylic acids is 1. The van der Waals surface area contributed by atoms with Gasteiger partial charge in [0.25, 0.3) is 0 Å². The Kier molecular flexibility index (Phi) is 4.63. The van der Waals surface area contributed by atoms with Crippen molar-refractivity contribution in [1.82, 2.24) is 4.90 Å². The van der Waals surface area contributed by atoms with Gasteiger partial charge in [0, 0.05) is 6.92 Å². The number of thiol groups is 1. The molecule has 1 atom stereocenters. The van der Waals surface area contributed by atoms with E-state index in [1.165, 1.54) is 0 Å². The van der Waals surface area contributed by atoms with Gasteiger partial charge in [0.05, 0.1) is 6.54 Å². The largest absolute Gasteiger partial charge is 0.478 e. The first-order valence-electron chi connectivity index (χ1n) is 4.20. The second-order valence-corrected chi connectivity index (χ2v) is 3.63. The number of imide groups is 1. The molecule has 0 aliphatic heterocycles. The lowest BCUT2D eigenvalue weighted by molar-refractivity contribution is -0.162. The highest BCUT2D eigenvalue weighted by molar-refractivity contribution is 7.83. The normalized spacial score (nSPS) is 13.8. The number of hydrogen-bond donors (Lipinski definition) is 3. The Hall–Kier alpha value is -1.41. The fourth-order valence-corrected chi connectivity index (χ4v) is 1.33. The van der Waals surface area contributed by atoms with Crippen LogP contribution < -0.4 is 5.73 Å². The molecule has 7 nitrogen and oxygen atoms in total. The molecule has 0 aromatic rings. The van der Waals surface area contributed by atoms with Crippen LogP contribution in [0.3, 0.4) is 0 Å². The highest BCUT2D eigenvalue weighted by atomic mass is 32.1. The Morgan fingerprint density at radius 2 is 1.75 bits per heavy atom. The number of carbonyl (C=O) groups is 4. The first-order chi connectivity index (χ1) is 7.19. The molecule has 1 unspecified atom stereocenters. The van der Waals surface area contributed by atoms with E-state index in [1.54, 1.807) is 0 Å². The summed E-state index contributed by atoms with van der Waals surface area (Å²) in [7, 11) is 0. The summed E-state index contributed by atoms with van der Waals surface area (Å²) >= 11 is 3.62. The number of carbonyl (C=O) groups excluding carboxylic acids is 3. The highest BCUT2D eigenvalue weighted by Gasteiger charge is 2.50. The number of Topliss-reactive ketones (excluding diaryl/α,β-unsaturated/α-hetero) is 1. The van der Waals surface area contributed by atoms with E-state index >= 15 is 0 Å². The van der Waals surface area contributed by atoms with Crippen LogP contribution in [-0.4, -0.2) is 45.0 Å². The number of nitrogens with two attached hydrogens (primary N) is 1. The molecule has 16 heavy (non-hydrogen) atoms. The van der Waals surface area contributed by atoms with Gasteiger partial charge in [0.1, 0.15) is 0 Å². The molecular weight excluding hydrogens is 236 g/mol. The summed E-state index contributed by atoms with van der Waals surface area (Å²) in [6.45, 7) is 1.27. The smallest absolute Gasteiger partial charge is 0.348 e. The number of amides is 2. The molecule has 0 spiro atoms. The van der Waals surface area contributed by atoms with Crippen LogP contribution in [0.2, 0.25) is 0 Å². The van der Waals surface area contributed by atoms with Gasteiger partial charge in [-0.2, -0.15) is 0 Å². The van der Waals surface area contributed by atoms with E-state index in [2.05, 4.69) is 12.6 Å². The molecule has 0 aliphatic carbocycles. The molecule has 0 saturated heterocycles. The zero-order valence-corrected chi connectivity index (χ0v) is 9.65. The molecule has 0 aromatic carbocycles. The molecule has 0 bridgehead atoms. The van der Waals surface area contributed by atoms with Crippen molar-refractivity contribution >= 4 is 36.2 Å². The minimum Gasteiger partial charge on any atom is -0.478 e. The quantitative estimate of drug-likeness (QED) is 0.320. The van der Waals surface area contributed by atoms with Crippen LogP contribution in [0.15, 0.2) is 0 Å². The molecular formula is C8H12N2O5S. The summed E-state index contributed by atoms with van der Waals surface area (Å²) in [6, 6.07) is 0. The second kappa shape index (κ2) is 5.08. The molecule has 0 fully saturated rings. The molecule has 0 heterocycles. The number of ketones is 1. The Balaban J connectivity index is 5.63. The third-order valence-corrected chi connectivity index (χ3v) is 2.56. The van der Waals surface area contributed by atoms with E-state index in [-0.39, 0.29) is 4.90 Å². The zero-order chi connectivity index (χ0) is 13.1. The van der Waals surface area contributed by atoms with Gasteiger partial charge < -0.3 is 10.8 Å². The van der Waals surface area contributed by atoms with Crippen LogP contribution in [0, 0.1) is 0 Å². The van der Waals surface area contributed by atoms with Crippen molar-refractivity contribution in [2.75, 3.05) is 6.54 Å². The number of carboxylic acids is 1. The number of hydrogen-bond acceptors (Lipinski definition) is 6. The van der Waals surface area contributed by atoms with Crippen LogP contribution in [-0.2, 0) is 19.2 Å². The minimum atomic E-state index is -2.51. The Bertz CT molecular complexity index is 340. The molecule has 0 aromatic heterocycles. The second-order valence-electron chi connectivity index (χ2n) is 2.99. The van der Waals surface area contributed by atoms with Gasteiger partial charge >= 0.3 is 5.97 Å². The maximum atomic E-state index is 11.3. The lowest BCUT2D eigenvalue weighted by atomic mass is 10.1. The van der Waals surface area contributed by atoms with Crippen LogP contribution in [0.5, 0.6) is 0 Å². The van der Waals surface area contributed by atoms with Crippen LogP contribution in [0.4, 0.5) is 0 Å². The molecule has 0 aliphatic rings. The fraction of sp³-hybridized carbons (Fsp3) is 0.500. The van der Waals surface area contributed by atoms with E-state index < -0.39 is 35.0 Å². The molecule has 8 heteroatoms. The number of nitrogens with zero attached hydrogens (tertiary/aromatic N) is 1. The SMILES string of the molecule is CC(=O)N(C(=O)CN)C(S)(C(C)=O)C(=O)O. The summed E-state index contributed by atoms with van der Waals surface area (Å²) in [6.07, 6.45) is 0. The van der Waals surface area contributed by atoms with Crippen molar-refractivity contribution in [2.45, 2.75) is 18.7 Å². The predicted molar refractivity (Wildman–Crippen MR) is 56.6 cm³/mol. The highest BCUT2D eigenvalue weighted by Crippen LogP contribution is 2.22. The first-order valence-corrected chi connectivity index (χ1v) is 4.64. The Labute approximate surface area is 97.0 Å². The molecule has 3 N–H and O–H groups in total. The lowest BCUT2D eigenvalue weighted by Gasteiger charge is -2.32. The average Bonchev–Trinajstić information content (AvgIpc) is 2.16. The van der Waals surface area contributed by atoms with E-state index in [0.717, 1.165) is 13.8 Å². The van der Waals surface area contributed by atoms with Crippen LogP contribution >= 0.6 is 12.6 Å². The van der Waals surface area contributed by atoms with E-state index in [9.17, 15) is 19.2 Å². The standard InChI is InChI=1S/C8H12N2O5S/c1-4(11)8(16,7(14)15)10(5(2)12)6(13)3-9/h16H,3,9H2,1-2H3,(H,14,15). The maximum absolute atomic E-state index is 11.3. The monoisotopic (exact) mass is 248 g/mol.